The fraction of sp³-hybridized carbons (Fsp3) is 0.261. The van der Waals surface area contributed by atoms with Crippen LogP contribution in [0.15, 0.2) is 48.5 Å². The number of hydrogen-bond donors (Lipinski definition) is 2. The SMILES string of the molecule is CNC(=O)COc1cccc(C(C)Nc2cc(-c3cccc(OC)c3Cl)nc(C)n2)c1. The summed E-state index contributed by atoms with van der Waals surface area (Å²) >= 11 is 6.48. The second kappa shape index (κ2) is 10.1. The molecule has 0 aliphatic rings. The molecule has 1 unspecified atom stereocenters. The monoisotopic (exact) mass is 440 g/mol. The van der Waals surface area contributed by atoms with Crippen LogP contribution in [0.1, 0.15) is 24.4 Å². The average molecular weight is 441 g/mol. The van der Waals surface area contributed by atoms with Crippen molar-refractivity contribution in [2.45, 2.75) is 19.9 Å². The maximum atomic E-state index is 11.4. The maximum absolute atomic E-state index is 11.4. The Balaban J connectivity index is 1.81. The summed E-state index contributed by atoms with van der Waals surface area (Å²) < 4.78 is 10.9. The van der Waals surface area contributed by atoms with Gasteiger partial charge in [0.25, 0.3) is 5.91 Å². The van der Waals surface area contributed by atoms with E-state index in [0.29, 0.717) is 33.9 Å². The Morgan fingerprint density at radius 2 is 1.94 bits per heavy atom. The van der Waals surface area contributed by atoms with Gasteiger partial charge in [-0.15, -0.1) is 0 Å². The molecule has 0 aliphatic carbocycles. The molecule has 1 heterocycles. The van der Waals surface area contributed by atoms with Crippen molar-refractivity contribution in [1.29, 1.82) is 0 Å². The van der Waals surface area contributed by atoms with Crippen molar-refractivity contribution >= 4 is 23.3 Å². The molecule has 3 aromatic rings. The first kappa shape index (κ1) is 22.4. The minimum absolute atomic E-state index is 0.0302. The Bertz CT molecular complexity index is 1070. The number of benzene rings is 2. The molecule has 31 heavy (non-hydrogen) atoms. The first-order valence-electron chi connectivity index (χ1n) is 9.79. The fourth-order valence-corrected chi connectivity index (χ4v) is 3.35. The van der Waals surface area contributed by atoms with E-state index in [4.69, 9.17) is 21.1 Å². The zero-order valence-electron chi connectivity index (χ0n) is 17.9. The van der Waals surface area contributed by atoms with Gasteiger partial charge in [0.05, 0.1) is 23.9 Å². The van der Waals surface area contributed by atoms with E-state index in [2.05, 4.69) is 20.6 Å². The molecule has 2 aromatic carbocycles. The van der Waals surface area contributed by atoms with Gasteiger partial charge in [0.2, 0.25) is 0 Å². The van der Waals surface area contributed by atoms with E-state index in [0.717, 1.165) is 11.1 Å². The third-order valence-electron chi connectivity index (χ3n) is 4.67. The number of methoxy groups -OCH3 is 1. The maximum Gasteiger partial charge on any atom is 0.257 e. The number of halogens is 1. The molecule has 0 aliphatic heterocycles. The number of nitrogens with one attached hydrogen (secondary N) is 2. The predicted octanol–water partition coefficient (Wildman–Crippen LogP) is 4.41. The molecular formula is C23H25ClN4O3. The number of carbonyl (C=O) groups excluding carboxylic acids is 1. The van der Waals surface area contributed by atoms with Crippen molar-refractivity contribution in [3.05, 3.63) is 64.9 Å². The van der Waals surface area contributed by atoms with E-state index >= 15 is 0 Å². The Kier molecular flexibility index (Phi) is 7.31. The Hall–Kier alpha value is -3.32. The van der Waals surface area contributed by atoms with Gasteiger partial charge in [-0.1, -0.05) is 35.9 Å². The quantitative estimate of drug-likeness (QED) is 0.539. The summed E-state index contributed by atoms with van der Waals surface area (Å²) in [5.41, 5.74) is 2.47. The van der Waals surface area contributed by atoms with Gasteiger partial charge in [-0.2, -0.15) is 0 Å². The number of ether oxygens (including phenoxy) is 2. The lowest BCUT2D eigenvalue weighted by atomic mass is 10.1. The van der Waals surface area contributed by atoms with Gasteiger partial charge in [-0.05, 0) is 37.6 Å². The third-order valence-corrected chi connectivity index (χ3v) is 5.06. The fourth-order valence-electron chi connectivity index (χ4n) is 3.05. The summed E-state index contributed by atoms with van der Waals surface area (Å²) in [6.07, 6.45) is 0. The number of nitrogens with zero attached hydrogens (tertiary/aromatic N) is 2. The van der Waals surface area contributed by atoms with Crippen LogP contribution in [-0.2, 0) is 4.79 Å². The molecule has 3 rings (SSSR count). The number of amides is 1. The predicted molar refractivity (Wildman–Crippen MR) is 122 cm³/mol. The van der Waals surface area contributed by atoms with Crippen molar-refractivity contribution in [1.82, 2.24) is 15.3 Å². The highest BCUT2D eigenvalue weighted by molar-refractivity contribution is 6.34. The molecule has 1 atom stereocenters. The normalized spacial score (nSPS) is 11.5. The van der Waals surface area contributed by atoms with Crippen LogP contribution in [0.25, 0.3) is 11.3 Å². The summed E-state index contributed by atoms with van der Waals surface area (Å²) in [7, 11) is 3.15. The smallest absolute Gasteiger partial charge is 0.257 e. The highest BCUT2D eigenvalue weighted by Crippen LogP contribution is 2.35. The van der Waals surface area contributed by atoms with Crippen LogP contribution in [-0.4, -0.2) is 36.6 Å². The largest absolute Gasteiger partial charge is 0.495 e. The Morgan fingerprint density at radius 3 is 2.68 bits per heavy atom. The van der Waals surface area contributed by atoms with Crippen molar-refractivity contribution in [2.75, 3.05) is 26.1 Å². The van der Waals surface area contributed by atoms with Gasteiger partial charge in [0, 0.05) is 18.7 Å². The first-order valence-corrected chi connectivity index (χ1v) is 10.2. The van der Waals surface area contributed by atoms with Gasteiger partial charge in [0.1, 0.15) is 23.1 Å². The molecule has 0 radical (unpaired) electrons. The highest BCUT2D eigenvalue weighted by Gasteiger charge is 2.14. The molecular weight excluding hydrogens is 416 g/mol. The Morgan fingerprint density at radius 1 is 1.16 bits per heavy atom. The lowest BCUT2D eigenvalue weighted by molar-refractivity contribution is -0.122. The highest BCUT2D eigenvalue weighted by atomic mass is 35.5. The molecule has 0 bridgehead atoms. The van der Waals surface area contributed by atoms with Crippen molar-refractivity contribution in [3.63, 3.8) is 0 Å². The minimum Gasteiger partial charge on any atom is -0.495 e. The van der Waals surface area contributed by atoms with Gasteiger partial charge >= 0.3 is 0 Å². The van der Waals surface area contributed by atoms with E-state index in [1.54, 1.807) is 20.2 Å². The number of hydrogen-bond acceptors (Lipinski definition) is 6. The first-order chi connectivity index (χ1) is 14.9. The van der Waals surface area contributed by atoms with Gasteiger partial charge in [-0.3, -0.25) is 4.79 Å². The second-order valence-corrected chi connectivity index (χ2v) is 7.29. The molecule has 1 aromatic heterocycles. The van der Waals surface area contributed by atoms with E-state index < -0.39 is 0 Å². The summed E-state index contributed by atoms with van der Waals surface area (Å²) in [4.78, 5) is 20.5. The molecule has 162 valence electrons. The van der Waals surface area contributed by atoms with Crippen molar-refractivity contribution < 1.29 is 14.3 Å². The lowest BCUT2D eigenvalue weighted by Crippen LogP contribution is -2.24. The van der Waals surface area contributed by atoms with Gasteiger partial charge < -0.3 is 20.1 Å². The summed E-state index contributed by atoms with van der Waals surface area (Å²) in [5.74, 6) is 2.32. The zero-order chi connectivity index (χ0) is 22.4. The van der Waals surface area contributed by atoms with Crippen LogP contribution in [0, 0.1) is 6.92 Å². The Labute approximate surface area is 186 Å². The van der Waals surface area contributed by atoms with Gasteiger partial charge in [-0.25, -0.2) is 9.97 Å². The van der Waals surface area contributed by atoms with Crippen LogP contribution in [0.4, 0.5) is 5.82 Å². The lowest BCUT2D eigenvalue weighted by Gasteiger charge is -2.17. The molecule has 0 saturated heterocycles. The number of likely N-dealkylation sites (N-methyl/N-ethyl adjacent to an activating group) is 1. The summed E-state index contributed by atoms with van der Waals surface area (Å²) in [5, 5.41) is 6.44. The number of aromatic nitrogens is 2. The molecule has 0 saturated carbocycles. The molecule has 8 heteroatoms. The van der Waals surface area contributed by atoms with E-state index in [-0.39, 0.29) is 18.6 Å². The topological polar surface area (TPSA) is 85.4 Å². The van der Waals surface area contributed by atoms with Crippen LogP contribution in [0.3, 0.4) is 0 Å². The van der Waals surface area contributed by atoms with Gasteiger partial charge in [0.15, 0.2) is 6.61 Å². The molecule has 0 spiro atoms. The third kappa shape index (κ3) is 5.64. The number of carbonyl (C=O) groups is 1. The zero-order valence-corrected chi connectivity index (χ0v) is 18.7. The number of rotatable bonds is 8. The standard InChI is InChI=1S/C23H25ClN4O3/c1-14(16-7-5-8-17(11-16)31-13-22(29)25-3)26-21-12-19(27-15(2)28-21)18-9-6-10-20(30-4)23(18)24/h5-12,14H,13H2,1-4H3,(H,25,29)(H,26,27,28). The average Bonchev–Trinajstić information content (AvgIpc) is 2.77. The van der Waals surface area contributed by atoms with E-state index in [9.17, 15) is 4.79 Å². The van der Waals surface area contributed by atoms with Crippen molar-refractivity contribution in [2.24, 2.45) is 0 Å². The van der Waals surface area contributed by atoms with Crippen LogP contribution >= 0.6 is 11.6 Å². The summed E-state index contributed by atoms with van der Waals surface area (Å²) in [6, 6.07) is 15.0. The summed E-state index contributed by atoms with van der Waals surface area (Å²) in [6.45, 7) is 3.83. The molecule has 0 fully saturated rings. The molecule has 1 amide bonds. The van der Waals surface area contributed by atoms with Crippen LogP contribution in [0.5, 0.6) is 11.5 Å². The second-order valence-electron chi connectivity index (χ2n) is 6.91. The number of anilines is 1. The van der Waals surface area contributed by atoms with Crippen LogP contribution in [0.2, 0.25) is 5.02 Å². The van der Waals surface area contributed by atoms with Crippen LogP contribution < -0.4 is 20.1 Å². The number of aryl methyl sites for hydroxylation is 1. The molecule has 7 nitrogen and oxygen atoms in total. The van der Waals surface area contributed by atoms with Crippen molar-refractivity contribution in [3.8, 4) is 22.8 Å². The van der Waals surface area contributed by atoms with E-state index in [1.807, 2.05) is 56.3 Å². The molecule has 2 N–H and O–H groups in total. The van der Waals surface area contributed by atoms with E-state index in [1.165, 1.54) is 0 Å². The minimum atomic E-state index is -0.184.